The third-order valence-corrected chi connectivity index (χ3v) is 5.28. The molecule has 0 aliphatic heterocycles. The number of aryl methyl sites for hydroxylation is 1. The average Bonchev–Trinajstić information content (AvgIpc) is 3.01. The molecule has 0 saturated heterocycles. The van der Waals surface area contributed by atoms with E-state index in [1.54, 1.807) is 0 Å². The van der Waals surface area contributed by atoms with Crippen molar-refractivity contribution in [3.8, 4) is 0 Å². The molecule has 1 aromatic heterocycles. The molecule has 3 unspecified atom stereocenters. The molecule has 0 amide bonds. The average molecular weight is 270 g/mol. The molecule has 2 aromatic rings. The van der Waals surface area contributed by atoms with Gasteiger partial charge in [-0.2, -0.15) is 0 Å². The van der Waals surface area contributed by atoms with Gasteiger partial charge in [-0.3, -0.25) is 5.84 Å². The topological polar surface area (TPSA) is 51.2 Å². The highest BCUT2D eigenvalue weighted by molar-refractivity contribution is 5.78. The lowest BCUT2D eigenvalue weighted by Gasteiger charge is -2.13. The van der Waals surface area contributed by atoms with Crippen LogP contribution in [0.25, 0.3) is 11.0 Å². The minimum absolute atomic E-state index is 0.177. The first-order chi connectivity index (χ1) is 9.78. The number of benzene rings is 1. The molecule has 106 valence electrons. The Kier molecular flexibility index (Phi) is 2.86. The molecular formula is C17H22N2O. The molecule has 3 nitrogen and oxygen atoms in total. The van der Waals surface area contributed by atoms with Gasteiger partial charge in [-0.25, -0.2) is 5.43 Å². The Morgan fingerprint density at radius 2 is 1.95 bits per heavy atom. The van der Waals surface area contributed by atoms with Crippen LogP contribution in [0.2, 0.25) is 0 Å². The van der Waals surface area contributed by atoms with Gasteiger partial charge in [0.15, 0.2) is 0 Å². The van der Waals surface area contributed by atoms with Gasteiger partial charge in [0.05, 0.1) is 6.04 Å². The van der Waals surface area contributed by atoms with Crippen LogP contribution < -0.4 is 11.3 Å². The first-order valence-electron chi connectivity index (χ1n) is 7.74. The highest BCUT2D eigenvalue weighted by Crippen LogP contribution is 2.60. The minimum Gasteiger partial charge on any atom is -0.459 e. The van der Waals surface area contributed by atoms with E-state index in [9.17, 15) is 0 Å². The van der Waals surface area contributed by atoms with Crippen molar-refractivity contribution in [3.05, 3.63) is 35.6 Å². The van der Waals surface area contributed by atoms with E-state index >= 15 is 0 Å². The van der Waals surface area contributed by atoms with Gasteiger partial charge in [0, 0.05) is 5.39 Å². The smallest absolute Gasteiger partial charge is 0.134 e. The normalized spacial score (nSPS) is 30.2. The van der Waals surface area contributed by atoms with Crippen molar-refractivity contribution in [2.45, 2.75) is 38.6 Å². The summed E-state index contributed by atoms with van der Waals surface area (Å²) >= 11 is 0. The lowest BCUT2D eigenvalue weighted by Crippen LogP contribution is -2.30. The molecule has 1 heterocycles. The van der Waals surface area contributed by atoms with Crippen LogP contribution in [0.4, 0.5) is 0 Å². The summed E-state index contributed by atoms with van der Waals surface area (Å²) < 4.78 is 6.04. The summed E-state index contributed by atoms with van der Waals surface area (Å²) in [5, 5.41) is 1.18. The molecule has 3 heteroatoms. The number of rotatable bonds is 3. The fraction of sp³-hybridized carbons (Fsp3) is 0.529. The summed E-state index contributed by atoms with van der Waals surface area (Å²) in [5.74, 6) is 9.24. The standard InChI is InChI=1S/C17H22N2O/c1-10-6-7-14-11(8-10)9-15(20-14)17(19-18)16-12-4-2-3-5-13(12)16/h6-9,12-13,16-17,19H,2-5,18H2,1H3. The van der Waals surface area contributed by atoms with Crippen molar-refractivity contribution in [3.63, 3.8) is 0 Å². The molecule has 0 radical (unpaired) electrons. The maximum atomic E-state index is 6.04. The van der Waals surface area contributed by atoms with Gasteiger partial charge in [0.25, 0.3) is 0 Å². The van der Waals surface area contributed by atoms with E-state index < -0.39 is 0 Å². The molecule has 2 aliphatic rings. The van der Waals surface area contributed by atoms with Crippen molar-refractivity contribution in [2.24, 2.45) is 23.6 Å². The summed E-state index contributed by atoms with van der Waals surface area (Å²) in [5.41, 5.74) is 5.25. The maximum absolute atomic E-state index is 6.04. The van der Waals surface area contributed by atoms with Gasteiger partial charge in [-0.1, -0.05) is 24.5 Å². The Morgan fingerprint density at radius 1 is 1.20 bits per heavy atom. The molecule has 3 atom stereocenters. The number of hydrogen-bond acceptors (Lipinski definition) is 3. The van der Waals surface area contributed by atoms with E-state index in [0.717, 1.165) is 23.2 Å². The first-order valence-corrected chi connectivity index (χ1v) is 7.74. The summed E-state index contributed by atoms with van der Waals surface area (Å²) in [7, 11) is 0. The predicted octanol–water partition coefficient (Wildman–Crippen LogP) is 3.68. The Balaban J connectivity index is 1.66. The van der Waals surface area contributed by atoms with Crippen molar-refractivity contribution in [1.29, 1.82) is 0 Å². The van der Waals surface area contributed by atoms with Crippen LogP contribution in [0.1, 0.15) is 43.0 Å². The number of nitrogens with two attached hydrogens (primary N) is 1. The number of fused-ring (bicyclic) bond motifs is 2. The van der Waals surface area contributed by atoms with Gasteiger partial charge >= 0.3 is 0 Å². The molecule has 2 fully saturated rings. The van der Waals surface area contributed by atoms with Crippen molar-refractivity contribution in [1.82, 2.24) is 5.43 Å². The molecule has 3 N–H and O–H groups in total. The van der Waals surface area contributed by atoms with E-state index in [2.05, 4.69) is 36.6 Å². The molecule has 4 rings (SSSR count). The Hall–Kier alpha value is -1.32. The monoisotopic (exact) mass is 270 g/mol. The van der Waals surface area contributed by atoms with Crippen LogP contribution in [0.3, 0.4) is 0 Å². The van der Waals surface area contributed by atoms with Gasteiger partial charge in [-0.05, 0) is 55.7 Å². The van der Waals surface area contributed by atoms with Gasteiger partial charge in [0.1, 0.15) is 11.3 Å². The highest BCUT2D eigenvalue weighted by Gasteiger charge is 2.55. The first kappa shape index (κ1) is 12.4. The Labute approximate surface area is 119 Å². The number of nitrogens with one attached hydrogen (secondary N) is 1. The number of hydrazine groups is 1. The zero-order chi connectivity index (χ0) is 13.7. The van der Waals surface area contributed by atoms with Crippen LogP contribution in [-0.2, 0) is 0 Å². The fourth-order valence-electron chi connectivity index (χ4n) is 4.26. The van der Waals surface area contributed by atoms with Gasteiger partial charge < -0.3 is 4.42 Å². The van der Waals surface area contributed by atoms with Crippen molar-refractivity contribution < 1.29 is 4.42 Å². The van der Waals surface area contributed by atoms with Crippen LogP contribution in [0.5, 0.6) is 0 Å². The van der Waals surface area contributed by atoms with Crippen molar-refractivity contribution >= 4 is 11.0 Å². The van der Waals surface area contributed by atoms with E-state index in [4.69, 9.17) is 10.3 Å². The quantitative estimate of drug-likeness (QED) is 0.660. The number of furan rings is 1. The van der Waals surface area contributed by atoms with E-state index in [-0.39, 0.29) is 6.04 Å². The van der Waals surface area contributed by atoms with E-state index in [1.807, 2.05) is 0 Å². The van der Waals surface area contributed by atoms with Crippen LogP contribution in [-0.4, -0.2) is 0 Å². The molecule has 1 aromatic carbocycles. The largest absolute Gasteiger partial charge is 0.459 e. The summed E-state index contributed by atoms with van der Waals surface area (Å²) in [6, 6.07) is 8.67. The highest BCUT2D eigenvalue weighted by atomic mass is 16.3. The molecule has 2 aliphatic carbocycles. The second-order valence-corrected chi connectivity index (χ2v) is 6.52. The third-order valence-electron chi connectivity index (χ3n) is 5.28. The Bertz CT molecular complexity index is 621. The molecule has 2 saturated carbocycles. The molecule has 0 spiro atoms. The zero-order valence-electron chi connectivity index (χ0n) is 11.9. The Morgan fingerprint density at radius 3 is 2.65 bits per heavy atom. The fourth-order valence-corrected chi connectivity index (χ4v) is 4.26. The summed E-state index contributed by atoms with van der Waals surface area (Å²) in [6.45, 7) is 2.11. The third kappa shape index (κ3) is 1.88. The van der Waals surface area contributed by atoms with Gasteiger partial charge in [-0.15, -0.1) is 0 Å². The van der Waals surface area contributed by atoms with E-state index in [1.165, 1.54) is 36.6 Å². The minimum atomic E-state index is 0.177. The van der Waals surface area contributed by atoms with Crippen LogP contribution >= 0.6 is 0 Å². The molecule has 20 heavy (non-hydrogen) atoms. The zero-order valence-corrected chi connectivity index (χ0v) is 11.9. The second kappa shape index (κ2) is 4.61. The van der Waals surface area contributed by atoms with Gasteiger partial charge in [0.2, 0.25) is 0 Å². The van der Waals surface area contributed by atoms with Crippen molar-refractivity contribution in [2.75, 3.05) is 0 Å². The summed E-state index contributed by atoms with van der Waals surface area (Å²) in [4.78, 5) is 0. The van der Waals surface area contributed by atoms with E-state index in [0.29, 0.717) is 5.92 Å². The predicted molar refractivity (Wildman–Crippen MR) is 80.0 cm³/mol. The second-order valence-electron chi connectivity index (χ2n) is 6.52. The SMILES string of the molecule is Cc1ccc2oc(C(NN)C3C4CCCCC43)cc2c1. The molecule has 0 bridgehead atoms. The lowest BCUT2D eigenvalue weighted by atomic mass is 10.0. The lowest BCUT2D eigenvalue weighted by molar-refractivity contribution is 0.380. The maximum Gasteiger partial charge on any atom is 0.134 e. The summed E-state index contributed by atoms with van der Waals surface area (Å²) in [6.07, 6.45) is 5.50. The molecular weight excluding hydrogens is 248 g/mol. The number of hydrogen-bond donors (Lipinski definition) is 2. The van der Waals surface area contributed by atoms with Crippen LogP contribution in [0.15, 0.2) is 28.7 Å². The van der Waals surface area contributed by atoms with Crippen LogP contribution in [0, 0.1) is 24.7 Å².